The van der Waals surface area contributed by atoms with Crippen molar-refractivity contribution in [3.8, 4) is 0 Å². The molecule has 2 aromatic rings. The molecular weight excluding hydrogens is 303 g/mol. The van der Waals surface area contributed by atoms with E-state index in [0.29, 0.717) is 6.04 Å². The fourth-order valence-electron chi connectivity index (χ4n) is 2.83. The molecule has 0 spiro atoms. The molecule has 0 radical (unpaired) electrons. The lowest BCUT2D eigenvalue weighted by Crippen LogP contribution is -2.10. The molecule has 2 rings (SSSR count). The van der Waals surface area contributed by atoms with Gasteiger partial charge in [0.25, 0.3) is 0 Å². The van der Waals surface area contributed by atoms with Crippen molar-refractivity contribution in [2.45, 2.75) is 64.3 Å². The van der Waals surface area contributed by atoms with E-state index in [0.717, 1.165) is 28.3 Å². The predicted molar refractivity (Wildman–Crippen MR) is 92.5 cm³/mol. The number of hydrogen-bond acceptors (Lipinski definition) is 1. The number of rotatable bonds is 7. The first-order chi connectivity index (χ1) is 10.0. The van der Waals surface area contributed by atoms with Gasteiger partial charge in [0.15, 0.2) is 0 Å². The summed E-state index contributed by atoms with van der Waals surface area (Å²) in [7, 11) is 0. The first kappa shape index (κ1) is 16.6. The second-order valence-corrected chi connectivity index (χ2v) is 6.88. The highest BCUT2D eigenvalue weighted by atomic mass is 35.5. The molecule has 2 atom stereocenters. The molecule has 1 aromatic heterocycles. The van der Waals surface area contributed by atoms with E-state index in [1.807, 2.05) is 19.1 Å². The normalized spacial score (nSPS) is 14.5. The number of alkyl halides is 1. The smallest absolute Gasteiger partial charge is 0.127 e. The topological polar surface area (TPSA) is 17.8 Å². The number of unbranched alkanes of at least 4 members (excludes halogenated alkanes) is 3. The summed E-state index contributed by atoms with van der Waals surface area (Å²) in [6.07, 6.45) is 6.28. The number of imidazole rings is 1. The third-order valence-corrected chi connectivity index (χ3v) is 4.38. The van der Waals surface area contributed by atoms with Gasteiger partial charge in [-0.1, -0.05) is 44.2 Å². The van der Waals surface area contributed by atoms with Crippen molar-refractivity contribution in [2.24, 2.45) is 0 Å². The van der Waals surface area contributed by atoms with E-state index < -0.39 is 0 Å². The Balaban J connectivity index is 2.29. The number of halogens is 2. The van der Waals surface area contributed by atoms with E-state index in [1.54, 1.807) is 0 Å². The number of benzene rings is 1. The minimum atomic E-state index is -0.103. The molecule has 0 aliphatic rings. The molecule has 1 heterocycles. The van der Waals surface area contributed by atoms with Gasteiger partial charge >= 0.3 is 0 Å². The first-order valence-electron chi connectivity index (χ1n) is 7.86. The lowest BCUT2D eigenvalue weighted by Gasteiger charge is -2.18. The summed E-state index contributed by atoms with van der Waals surface area (Å²) in [6, 6.07) is 6.30. The summed E-state index contributed by atoms with van der Waals surface area (Å²) >= 11 is 12.4. The van der Waals surface area contributed by atoms with Crippen molar-refractivity contribution < 1.29 is 0 Å². The van der Waals surface area contributed by atoms with Gasteiger partial charge in [-0.25, -0.2) is 4.98 Å². The highest BCUT2D eigenvalue weighted by Crippen LogP contribution is 2.31. The van der Waals surface area contributed by atoms with Gasteiger partial charge in [0.05, 0.1) is 16.4 Å². The van der Waals surface area contributed by atoms with Crippen LogP contribution < -0.4 is 0 Å². The SMILES string of the molecule is CCCCCCC(C)n1c(C(C)Cl)nc2cc(Cl)ccc21. The molecule has 2 unspecified atom stereocenters. The van der Waals surface area contributed by atoms with Crippen LogP contribution in [0.1, 0.15) is 70.1 Å². The second-order valence-electron chi connectivity index (χ2n) is 5.79. The summed E-state index contributed by atoms with van der Waals surface area (Å²) in [6.45, 7) is 6.47. The average Bonchev–Trinajstić information content (AvgIpc) is 2.82. The van der Waals surface area contributed by atoms with Gasteiger partial charge in [-0.3, -0.25) is 0 Å². The van der Waals surface area contributed by atoms with Crippen molar-refractivity contribution >= 4 is 34.2 Å². The maximum atomic E-state index is 6.33. The van der Waals surface area contributed by atoms with Gasteiger partial charge in [0.2, 0.25) is 0 Å². The van der Waals surface area contributed by atoms with Crippen LogP contribution in [0.2, 0.25) is 5.02 Å². The van der Waals surface area contributed by atoms with Gasteiger partial charge in [-0.05, 0) is 38.5 Å². The fraction of sp³-hybridized carbons (Fsp3) is 0.588. The maximum Gasteiger partial charge on any atom is 0.127 e. The zero-order valence-electron chi connectivity index (χ0n) is 13.1. The largest absolute Gasteiger partial charge is 0.324 e. The van der Waals surface area contributed by atoms with Crippen LogP contribution in [-0.4, -0.2) is 9.55 Å². The van der Waals surface area contributed by atoms with Crippen LogP contribution in [0.15, 0.2) is 18.2 Å². The van der Waals surface area contributed by atoms with E-state index in [9.17, 15) is 0 Å². The highest BCUT2D eigenvalue weighted by molar-refractivity contribution is 6.31. The molecule has 0 saturated carbocycles. The molecular formula is C17H24Cl2N2. The molecule has 0 bridgehead atoms. The average molecular weight is 327 g/mol. The molecule has 0 amide bonds. The minimum absolute atomic E-state index is 0.103. The van der Waals surface area contributed by atoms with Gasteiger partial charge in [-0.15, -0.1) is 11.6 Å². The Kier molecular flexibility index (Phi) is 5.95. The van der Waals surface area contributed by atoms with Crippen molar-refractivity contribution in [3.05, 3.63) is 29.0 Å². The summed E-state index contributed by atoms with van der Waals surface area (Å²) in [5.74, 6) is 0.942. The number of hydrogen-bond donors (Lipinski definition) is 0. The molecule has 0 aliphatic heterocycles. The van der Waals surface area contributed by atoms with Crippen LogP contribution in [0.3, 0.4) is 0 Å². The molecule has 4 heteroatoms. The van der Waals surface area contributed by atoms with Gasteiger partial charge in [-0.2, -0.15) is 0 Å². The molecule has 2 nitrogen and oxygen atoms in total. The van der Waals surface area contributed by atoms with Crippen LogP contribution in [0.5, 0.6) is 0 Å². The van der Waals surface area contributed by atoms with E-state index >= 15 is 0 Å². The zero-order valence-corrected chi connectivity index (χ0v) is 14.6. The van der Waals surface area contributed by atoms with Crippen LogP contribution in [0.25, 0.3) is 11.0 Å². The van der Waals surface area contributed by atoms with Crippen molar-refractivity contribution in [1.82, 2.24) is 9.55 Å². The second kappa shape index (κ2) is 7.51. The molecule has 21 heavy (non-hydrogen) atoms. The molecule has 116 valence electrons. The quantitative estimate of drug-likeness (QED) is 0.418. The maximum absolute atomic E-state index is 6.33. The summed E-state index contributed by atoms with van der Waals surface area (Å²) in [5, 5.41) is 0.616. The first-order valence-corrected chi connectivity index (χ1v) is 8.67. The highest BCUT2D eigenvalue weighted by Gasteiger charge is 2.19. The van der Waals surface area contributed by atoms with Gasteiger partial charge in [0.1, 0.15) is 5.82 Å². The van der Waals surface area contributed by atoms with Crippen molar-refractivity contribution in [1.29, 1.82) is 0 Å². The Morgan fingerprint density at radius 2 is 1.95 bits per heavy atom. The Hall–Kier alpha value is -0.730. The van der Waals surface area contributed by atoms with Crippen LogP contribution in [0, 0.1) is 0 Å². The zero-order chi connectivity index (χ0) is 15.4. The van der Waals surface area contributed by atoms with Crippen LogP contribution in [-0.2, 0) is 0 Å². The number of aromatic nitrogens is 2. The molecule has 1 aromatic carbocycles. The van der Waals surface area contributed by atoms with Gasteiger partial charge < -0.3 is 4.57 Å². The Labute approximate surface area is 137 Å². The van der Waals surface area contributed by atoms with E-state index in [1.165, 1.54) is 25.7 Å². The standard InChI is InChI=1S/C17H24Cl2N2/c1-4-5-6-7-8-12(2)21-16-10-9-14(19)11-15(16)20-17(21)13(3)18/h9-13H,4-8H2,1-3H3. The Morgan fingerprint density at radius 1 is 1.19 bits per heavy atom. The lowest BCUT2D eigenvalue weighted by molar-refractivity contribution is 0.468. The van der Waals surface area contributed by atoms with Crippen LogP contribution in [0.4, 0.5) is 0 Å². The number of nitrogens with zero attached hydrogens (tertiary/aromatic N) is 2. The van der Waals surface area contributed by atoms with E-state index in [-0.39, 0.29) is 5.38 Å². The summed E-state index contributed by atoms with van der Waals surface area (Å²) in [5.41, 5.74) is 2.07. The summed E-state index contributed by atoms with van der Waals surface area (Å²) in [4.78, 5) is 4.69. The molecule has 0 fully saturated rings. The third-order valence-electron chi connectivity index (χ3n) is 3.95. The Bertz CT molecular complexity index is 590. The van der Waals surface area contributed by atoms with Crippen molar-refractivity contribution in [2.75, 3.05) is 0 Å². The van der Waals surface area contributed by atoms with E-state index in [4.69, 9.17) is 23.2 Å². The summed E-state index contributed by atoms with van der Waals surface area (Å²) < 4.78 is 2.29. The number of fused-ring (bicyclic) bond motifs is 1. The Morgan fingerprint density at radius 3 is 2.62 bits per heavy atom. The van der Waals surface area contributed by atoms with E-state index in [2.05, 4.69) is 29.5 Å². The molecule has 0 saturated heterocycles. The lowest BCUT2D eigenvalue weighted by atomic mass is 10.1. The fourth-order valence-corrected chi connectivity index (χ4v) is 3.15. The van der Waals surface area contributed by atoms with Crippen molar-refractivity contribution in [3.63, 3.8) is 0 Å². The molecule has 0 N–H and O–H groups in total. The monoisotopic (exact) mass is 326 g/mol. The molecule has 0 aliphatic carbocycles. The van der Waals surface area contributed by atoms with Gasteiger partial charge in [0, 0.05) is 11.1 Å². The third kappa shape index (κ3) is 3.92. The predicted octanol–water partition coefficient (Wildman–Crippen LogP) is 6.52. The minimum Gasteiger partial charge on any atom is -0.324 e. The van der Waals surface area contributed by atoms with Crippen LogP contribution >= 0.6 is 23.2 Å².